The Bertz CT molecular complexity index is 832. The third-order valence-corrected chi connectivity index (χ3v) is 12.2. The summed E-state index contributed by atoms with van der Waals surface area (Å²) in [4.78, 5) is 5.87. The fourth-order valence-electron chi connectivity index (χ4n) is 2.47. The van der Waals surface area contributed by atoms with E-state index in [1.54, 1.807) is 12.1 Å². The van der Waals surface area contributed by atoms with Gasteiger partial charge in [-0.3, -0.25) is 0 Å². The van der Waals surface area contributed by atoms with E-state index >= 15 is 0 Å². The van der Waals surface area contributed by atoms with Crippen LogP contribution in [0.4, 0.5) is 0 Å². The minimum atomic E-state index is 0.340. The molecule has 4 rings (SSSR count). The lowest BCUT2D eigenvalue weighted by Gasteiger charge is -2.04. The first-order chi connectivity index (χ1) is 12.7. The number of benzene rings is 1. The molecule has 8 heteroatoms. The Morgan fingerprint density at radius 3 is 2.27 bits per heavy atom. The van der Waals surface area contributed by atoms with E-state index in [1.165, 1.54) is 32.3 Å². The molecule has 1 aromatic carbocycles. The maximum absolute atomic E-state index is 9.36. The molecule has 2 nitrogen and oxygen atoms in total. The molecule has 0 fully saturated rings. The smallest absolute Gasteiger partial charge is 0.115 e. The van der Waals surface area contributed by atoms with Gasteiger partial charge in [0.2, 0.25) is 0 Å². The lowest BCUT2D eigenvalue weighted by molar-refractivity contribution is 0.475. The van der Waals surface area contributed by atoms with Gasteiger partial charge in [0.05, 0.1) is 16.9 Å². The zero-order valence-corrected chi connectivity index (χ0v) is 18.9. The van der Waals surface area contributed by atoms with Crippen LogP contribution in [0.25, 0.3) is 0 Å². The van der Waals surface area contributed by atoms with E-state index in [4.69, 9.17) is 0 Å². The van der Waals surface area contributed by atoms with E-state index in [1.807, 2.05) is 82.7 Å². The fourth-order valence-corrected chi connectivity index (χ4v) is 10.7. The number of aromatic hydroxyl groups is 1. The monoisotopic (exact) mass is 455 g/mol. The Morgan fingerprint density at radius 2 is 1.58 bits per heavy atom. The van der Waals surface area contributed by atoms with Crippen molar-refractivity contribution in [1.29, 1.82) is 0 Å². The number of aromatic nitrogens is 1. The fraction of sp³-hybridized carbons (Fsp3) is 0.222. The first-order valence-electron chi connectivity index (χ1n) is 8.04. The summed E-state index contributed by atoms with van der Waals surface area (Å²) in [6, 6.07) is 7.56. The van der Waals surface area contributed by atoms with Crippen LogP contribution in [-0.2, 0) is 6.42 Å². The Balaban J connectivity index is 1.31. The van der Waals surface area contributed by atoms with Crippen LogP contribution < -0.4 is 0 Å². The summed E-state index contributed by atoms with van der Waals surface area (Å²) in [5, 5.41) is 9.36. The molecule has 0 amide bonds. The molecule has 2 aromatic rings. The highest BCUT2D eigenvalue weighted by atomic mass is 32.3. The van der Waals surface area contributed by atoms with E-state index < -0.39 is 0 Å². The van der Waals surface area contributed by atoms with Crippen molar-refractivity contribution >= 4 is 70.6 Å². The van der Waals surface area contributed by atoms with Crippen LogP contribution in [0, 0.1) is 0 Å². The molecule has 3 heterocycles. The van der Waals surface area contributed by atoms with Gasteiger partial charge in [-0.15, -0.1) is 23.5 Å². The highest BCUT2D eigenvalue weighted by Crippen LogP contribution is 2.63. The molecule has 0 bridgehead atoms. The van der Waals surface area contributed by atoms with Gasteiger partial charge in [-0.2, -0.15) is 0 Å². The van der Waals surface area contributed by atoms with Crippen molar-refractivity contribution in [3.63, 3.8) is 0 Å². The first-order valence-corrected chi connectivity index (χ1v) is 13.5. The summed E-state index contributed by atoms with van der Waals surface area (Å²) >= 11 is 11.5. The molecule has 136 valence electrons. The number of aromatic amines is 1. The average Bonchev–Trinajstić information content (AvgIpc) is 3.34. The van der Waals surface area contributed by atoms with E-state index in [2.05, 4.69) is 23.6 Å². The van der Waals surface area contributed by atoms with Crippen molar-refractivity contribution in [1.82, 2.24) is 4.98 Å². The number of rotatable bonds is 6. The second-order valence-corrected chi connectivity index (χ2v) is 12.7. The van der Waals surface area contributed by atoms with Gasteiger partial charge in [-0.05, 0) is 42.5 Å². The third-order valence-electron chi connectivity index (χ3n) is 3.75. The number of fused-ring (bicyclic) bond motifs is 1. The number of phenolic OH excluding ortho intramolecular Hbond substituents is 1. The van der Waals surface area contributed by atoms with Gasteiger partial charge >= 0.3 is 0 Å². The van der Waals surface area contributed by atoms with Gasteiger partial charge in [0, 0.05) is 22.2 Å². The number of nitrogens with one attached hydrogen (secondary N) is 1. The number of phenols is 1. The summed E-state index contributed by atoms with van der Waals surface area (Å²) in [5.74, 6) is 1.46. The zero-order valence-electron chi connectivity index (χ0n) is 14.0. The van der Waals surface area contributed by atoms with Crippen LogP contribution >= 0.6 is 70.6 Å². The second kappa shape index (κ2) is 8.92. The van der Waals surface area contributed by atoms with Crippen LogP contribution in [-0.4, -0.2) is 22.1 Å². The summed E-state index contributed by atoms with van der Waals surface area (Å²) < 4.78 is 5.74. The molecule has 2 N–H and O–H groups in total. The van der Waals surface area contributed by atoms with Gasteiger partial charge < -0.3 is 10.1 Å². The van der Waals surface area contributed by atoms with Crippen LogP contribution in [0.15, 0.2) is 63.4 Å². The lowest BCUT2D eigenvalue weighted by atomic mass is 10.1. The summed E-state index contributed by atoms with van der Waals surface area (Å²) in [7, 11) is 0. The molecule has 0 atom stereocenters. The number of aryl methyl sites for hydroxylation is 1. The highest BCUT2D eigenvalue weighted by molar-refractivity contribution is 8.42. The Morgan fingerprint density at radius 1 is 0.923 bits per heavy atom. The summed E-state index contributed by atoms with van der Waals surface area (Å²) in [6.07, 6.45) is 8.56. The Hall–Kier alpha value is -0.120. The molecule has 0 saturated heterocycles. The first kappa shape index (κ1) is 19.2. The van der Waals surface area contributed by atoms with E-state index in [0.717, 1.165) is 18.6 Å². The summed E-state index contributed by atoms with van der Waals surface area (Å²) in [5.41, 5.74) is 1.29. The van der Waals surface area contributed by atoms with Gasteiger partial charge in [-0.1, -0.05) is 59.2 Å². The van der Waals surface area contributed by atoms with Crippen molar-refractivity contribution in [3.8, 4) is 5.75 Å². The molecule has 2 aliphatic heterocycles. The standard InChI is InChI=1S/C18H17NOS6/c1-21-15-16(22-8-2-3-11-4-6-12(20)7-5-11)26-18(25-15)17-23-13-9-19-10-14(13)24-17/h4-7,9-10,19-20H,2-3,8H2,1H3. The van der Waals surface area contributed by atoms with Crippen molar-refractivity contribution in [2.75, 3.05) is 12.0 Å². The highest BCUT2D eigenvalue weighted by Gasteiger charge is 2.28. The van der Waals surface area contributed by atoms with E-state index in [0.29, 0.717) is 5.75 Å². The number of thioether (sulfide) groups is 6. The average molecular weight is 456 g/mol. The SMILES string of the molecule is CSC1=C(SCCCc2ccc(O)cc2)SC(=C2Sc3c[nH]cc3S2)S1. The number of hydrogen-bond acceptors (Lipinski definition) is 7. The molecular weight excluding hydrogens is 439 g/mol. The predicted octanol–water partition coefficient (Wildman–Crippen LogP) is 7.38. The van der Waals surface area contributed by atoms with Gasteiger partial charge in [0.1, 0.15) is 5.75 Å². The lowest BCUT2D eigenvalue weighted by Crippen LogP contribution is -1.87. The molecule has 1 aromatic heterocycles. The molecule has 0 radical (unpaired) electrons. The molecule has 0 saturated carbocycles. The van der Waals surface area contributed by atoms with Crippen LogP contribution in [0.5, 0.6) is 5.75 Å². The molecule has 0 unspecified atom stereocenters. The van der Waals surface area contributed by atoms with E-state index in [-0.39, 0.29) is 0 Å². The maximum Gasteiger partial charge on any atom is 0.115 e. The quantitative estimate of drug-likeness (QED) is 0.440. The third kappa shape index (κ3) is 4.47. The molecule has 26 heavy (non-hydrogen) atoms. The van der Waals surface area contributed by atoms with Crippen LogP contribution in [0.1, 0.15) is 12.0 Å². The summed E-state index contributed by atoms with van der Waals surface area (Å²) in [6.45, 7) is 0. The minimum Gasteiger partial charge on any atom is -0.508 e. The van der Waals surface area contributed by atoms with Crippen molar-refractivity contribution in [2.24, 2.45) is 0 Å². The predicted molar refractivity (Wildman–Crippen MR) is 124 cm³/mol. The van der Waals surface area contributed by atoms with Gasteiger partial charge in [-0.25, -0.2) is 0 Å². The normalized spacial score (nSPS) is 16.7. The Kier molecular flexibility index (Phi) is 6.59. The molecule has 0 spiro atoms. The maximum atomic E-state index is 9.36. The topological polar surface area (TPSA) is 36.0 Å². The second-order valence-electron chi connectivity index (χ2n) is 5.56. The van der Waals surface area contributed by atoms with Crippen LogP contribution in [0.2, 0.25) is 0 Å². The van der Waals surface area contributed by atoms with E-state index in [9.17, 15) is 5.11 Å². The van der Waals surface area contributed by atoms with Crippen molar-refractivity contribution in [2.45, 2.75) is 22.6 Å². The van der Waals surface area contributed by atoms with Crippen LogP contribution in [0.3, 0.4) is 0 Å². The van der Waals surface area contributed by atoms with Crippen molar-refractivity contribution in [3.05, 3.63) is 59.2 Å². The molecule has 0 aliphatic carbocycles. The Labute approximate surface area is 179 Å². The zero-order chi connectivity index (χ0) is 17.9. The van der Waals surface area contributed by atoms with Crippen molar-refractivity contribution < 1.29 is 5.11 Å². The number of H-pyrrole nitrogens is 1. The largest absolute Gasteiger partial charge is 0.508 e. The molecular formula is C18H17NOS6. The van der Waals surface area contributed by atoms with Gasteiger partial charge in [0.25, 0.3) is 0 Å². The van der Waals surface area contributed by atoms with Gasteiger partial charge in [0.15, 0.2) is 0 Å². The molecule has 2 aliphatic rings. The number of hydrogen-bond donors (Lipinski definition) is 2. The minimum absolute atomic E-state index is 0.340.